The monoisotopic (exact) mass is 252 g/mol. The van der Waals surface area contributed by atoms with Crippen molar-refractivity contribution < 1.29 is 4.74 Å². The number of nitrogens with one attached hydrogen (secondary N) is 1. The van der Waals surface area contributed by atoms with Crippen molar-refractivity contribution in [2.75, 3.05) is 19.8 Å². The molecule has 0 aromatic carbocycles. The molecule has 0 saturated carbocycles. The standard InChI is InChI=1S/C15H28N2O/c1-5-18-10-6-8-17-9-7-15(14(17)4)12-16-11-13(2)3/h7,9,13,16H,5-6,8,10-12H2,1-4H3. The molecule has 0 fully saturated rings. The summed E-state index contributed by atoms with van der Waals surface area (Å²) in [7, 11) is 0. The molecule has 0 unspecified atom stereocenters. The van der Waals surface area contributed by atoms with E-state index in [-0.39, 0.29) is 0 Å². The molecule has 18 heavy (non-hydrogen) atoms. The van der Waals surface area contributed by atoms with Crippen molar-refractivity contribution in [1.29, 1.82) is 0 Å². The predicted molar refractivity (Wildman–Crippen MR) is 76.8 cm³/mol. The van der Waals surface area contributed by atoms with Gasteiger partial charge in [-0.25, -0.2) is 0 Å². The summed E-state index contributed by atoms with van der Waals surface area (Å²) in [5.41, 5.74) is 2.79. The van der Waals surface area contributed by atoms with Gasteiger partial charge in [0.15, 0.2) is 0 Å². The molecule has 104 valence electrons. The van der Waals surface area contributed by atoms with E-state index in [2.05, 4.69) is 42.9 Å². The van der Waals surface area contributed by atoms with Crippen LogP contribution in [-0.2, 0) is 17.8 Å². The normalized spacial score (nSPS) is 11.4. The lowest BCUT2D eigenvalue weighted by molar-refractivity contribution is 0.141. The fourth-order valence-corrected chi connectivity index (χ4v) is 2.00. The number of aromatic nitrogens is 1. The summed E-state index contributed by atoms with van der Waals surface area (Å²) >= 11 is 0. The second kappa shape index (κ2) is 8.33. The van der Waals surface area contributed by atoms with Crippen LogP contribution < -0.4 is 5.32 Å². The van der Waals surface area contributed by atoms with E-state index in [1.807, 2.05) is 6.92 Å². The zero-order valence-electron chi connectivity index (χ0n) is 12.3. The number of ether oxygens (including phenoxy) is 1. The van der Waals surface area contributed by atoms with Crippen LogP contribution >= 0.6 is 0 Å². The Morgan fingerprint density at radius 1 is 1.39 bits per heavy atom. The van der Waals surface area contributed by atoms with Crippen molar-refractivity contribution in [1.82, 2.24) is 9.88 Å². The van der Waals surface area contributed by atoms with Crippen LogP contribution in [0.3, 0.4) is 0 Å². The summed E-state index contributed by atoms with van der Waals surface area (Å²) in [6.07, 6.45) is 3.27. The minimum absolute atomic E-state index is 0.707. The van der Waals surface area contributed by atoms with E-state index in [9.17, 15) is 0 Å². The van der Waals surface area contributed by atoms with Crippen LogP contribution in [0, 0.1) is 12.8 Å². The lowest BCUT2D eigenvalue weighted by atomic mass is 10.2. The Bertz CT molecular complexity index is 331. The van der Waals surface area contributed by atoms with Gasteiger partial charge in [-0.2, -0.15) is 0 Å². The Labute approximate surface area is 112 Å². The van der Waals surface area contributed by atoms with Crippen LogP contribution in [0.2, 0.25) is 0 Å². The van der Waals surface area contributed by atoms with E-state index >= 15 is 0 Å². The zero-order chi connectivity index (χ0) is 13.4. The van der Waals surface area contributed by atoms with Gasteiger partial charge in [0.2, 0.25) is 0 Å². The molecule has 1 aromatic rings. The molecule has 0 atom stereocenters. The number of hydrogen-bond acceptors (Lipinski definition) is 2. The van der Waals surface area contributed by atoms with Crippen molar-refractivity contribution in [3.63, 3.8) is 0 Å². The Hall–Kier alpha value is -0.800. The first-order chi connectivity index (χ1) is 8.65. The van der Waals surface area contributed by atoms with E-state index in [1.165, 1.54) is 11.3 Å². The van der Waals surface area contributed by atoms with Crippen LogP contribution in [0.25, 0.3) is 0 Å². The third-order valence-corrected chi connectivity index (χ3v) is 3.11. The third-order valence-electron chi connectivity index (χ3n) is 3.11. The van der Waals surface area contributed by atoms with E-state index < -0.39 is 0 Å². The molecule has 3 heteroatoms. The van der Waals surface area contributed by atoms with Gasteiger partial charge in [-0.1, -0.05) is 13.8 Å². The summed E-state index contributed by atoms with van der Waals surface area (Å²) in [5.74, 6) is 0.707. The fraction of sp³-hybridized carbons (Fsp3) is 0.733. The maximum atomic E-state index is 5.37. The van der Waals surface area contributed by atoms with Gasteiger partial charge in [0.05, 0.1) is 0 Å². The molecule has 1 N–H and O–H groups in total. The van der Waals surface area contributed by atoms with Gasteiger partial charge in [-0.05, 0) is 44.4 Å². The van der Waals surface area contributed by atoms with Gasteiger partial charge >= 0.3 is 0 Å². The number of aryl methyl sites for hydroxylation is 1. The molecule has 0 aliphatic carbocycles. The van der Waals surface area contributed by atoms with E-state index in [4.69, 9.17) is 4.74 Å². The highest BCUT2D eigenvalue weighted by molar-refractivity contribution is 5.20. The smallest absolute Gasteiger partial charge is 0.0482 e. The van der Waals surface area contributed by atoms with E-state index in [1.54, 1.807) is 0 Å². The highest BCUT2D eigenvalue weighted by Crippen LogP contribution is 2.10. The average molecular weight is 252 g/mol. The number of rotatable bonds is 9. The van der Waals surface area contributed by atoms with Crippen LogP contribution in [0.1, 0.15) is 38.4 Å². The van der Waals surface area contributed by atoms with E-state index in [0.717, 1.165) is 39.3 Å². The first kappa shape index (κ1) is 15.3. The highest BCUT2D eigenvalue weighted by atomic mass is 16.5. The Morgan fingerprint density at radius 3 is 2.83 bits per heavy atom. The molecule has 0 spiro atoms. The fourth-order valence-electron chi connectivity index (χ4n) is 2.00. The molecule has 1 aromatic heterocycles. The minimum atomic E-state index is 0.707. The summed E-state index contributed by atoms with van der Waals surface area (Å²) < 4.78 is 7.69. The molecule has 3 nitrogen and oxygen atoms in total. The van der Waals surface area contributed by atoms with Crippen molar-refractivity contribution in [3.05, 3.63) is 23.5 Å². The van der Waals surface area contributed by atoms with E-state index in [0.29, 0.717) is 5.92 Å². The summed E-state index contributed by atoms with van der Waals surface area (Å²) in [6.45, 7) is 13.5. The quantitative estimate of drug-likeness (QED) is 0.684. The van der Waals surface area contributed by atoms with Gasteiger partial charge in [0, 0.05) is 38.2 Å². The largest absolute Gasteiger partial charge is 0.382 e. The first-order valence-corrected chi connectivity index (χ1v) is 7.08. The first-order valence-electron chi connectivity index (χ1n) is 7.08. The molecular weight excluding hydrogens is 224 g/mol. The lowest BCUT2D eigenvalue weighted by Gasteiger charge is -2.09. The lowest BCUT2D eigenvalue weighted by Crippen LogP contribution is -2.19. The van der Waals surface area contributed by atoms with Crippen LogP contribution in [0.15, 0.2) is 12.3 Å². The second-order valence-electron chi connectivity index (χ2n) is 5.20. The maximum absolute atomic E-state index is 5.37. The van der Waals surface area contributed by atoms with Gasteiger partial charge in [-0.3, -0.25) is 0 Å². The van der Waals surface area contributed by atoms with Crippen molar-refractivity contribution >= 4 is 0 Å². The Balaban J connectivity index is 2.35. The topological polar surface area (TPSA) is 26.2 Å². The van der Waals surface area contributed by atoms with Crippen LogP contribution in [-0.4, -0.2) is 24.3 Å². The average Bonchev–Trinajstić information content (AvgIpc) is 2.67. The molecule has 0 amide bonds. The molecule has 1 rings (SSSR count). The number of hydrogen-bond donors (Lipinski definition) is 1. The molecule has 0 aliphatic heterocycles. The molecule has 0 aliphatic rings. The maximum Gasteiger partial charge on any atom is 0.0482 e. The SMILES string of the molecule is CCOCCCn1ccc(CNCC(C)C)c1C. The van der Waals surface area contributed by atoms with Crippen molar-refractivity contribution in [2.24, 2.45) is 5.92 Å². The summed E-state index contributed by atoms with van der Waals surface area (Å²) in [6, 6.07) is 2.23. The molecule has 0 bridgehead atoms. The molecule has 0 saturated heterocycles. The van der Waals surface area contributed by atoms with Crippen LogP contribution in [0.4, 0.5) is 0 Å². The van der Waals surface area contributed by atoms with Gasteiger partial charge in [0.1, 0.15) is 0 Å². The summed E-state index contributed by atoms with van der Waals surface area (Å²) in [5, 5.41) is 3.49. The third kappa shape index (κ3) is 5.23. The molecule has 0 radical (unpaired) electrons. The zero-order valence-corrected chi connectivity index (χ0v) is 12.3. The number of nitrogens with zero attached hydrogens (tertiary/aromatic N) is 1. The van der Waals surface area contributed by atoms with Gasteiger partial charge < -0.3 is 14.6 Å². The second-order valence-corrected chi connectivity index (χ2v) is 5.20. The predicted octanol–water partition coefficient (Wildman–Crippen LogP) is 2.97. The minimum Gasteiger partial charge on any atom is -0.382 e. The van der Waals surface area contributed by atoms with Crippen LogP contribution in [0.5, 0.6) is 0 Å². The van der Waals surface area contributed by atoms with Crippen molar-refractivity contribution in [2.45, 2.75) is 47.2 Å². The van der Waals surface area contributed by atoms with Gasteiger partial charge in [-0.15, -0.1) is 0 Å². The molecular formula is C15H28N2O. The van der Waals surface area contributed by atoms with Crippen molar-refractivity contribution in [3.8, 4) is 0 Å². The molecule has 1 heterocycles. The Kier molecular flexibility index (Phi) is 7.06. The highest BCUT2D eigenvalue weighted by Gasteiger charge is 2.04. The summed E-state index contributed by atoms with van der Waals surface area (Å²) in [4.78, 5) is 0. The van der Waals surface area contributed by atoms with Gasteiger partial charge in [0.25, 0.3) is 0 Å². The Morgan fingerprint density at radius 2 is 2.17 bits per heavy atom.